The van der Waals surface area contributed by atoms with Gasteiger partial charge in [0.05, 0.1) is 0 Å². The molecule has 0 saturated carbocycles. The van der Waals surface area contributed by atoms with E-state index in [0.717, 1.165) is 24.9 Å². The smallest absolute Gasteiger partial charge is 0.406 e. The Morgan fingerprint density at radius 3 is 2.34 bits per heavy atom. The molecule has 1 aromatic heterocycles. The van der Waals surface area contributed by atoms with Gasteiger partial charge in [-0.3, -0.25) is 9.69 Å². The number of rotatable bonds is 9. The van der Waals surface area contributed by atoms with Gasteiger partial charge in [0.2, 0.25) is 0 Å². The van der Waals surface area contributed by atoms with Gasteiger partial charge in [-0.1, -0.05) is 12.1 Å². The molecule has 1 atom stereocenters. The van der Waals surface area contributed by atoms with Crippen LogP contribution in [-0.2, 0) is 6.42 Å². The molecule has 41 heavy (non-hydrogen) atoms. The average molecular weight is 586 g/mol. The highest BCUT2D eigenvalue weighted by atomic mass is 19.4. The molecule has 224 valence electrons. The van der Waals surface area contributed by atoms with Crippen molar-refractivity contribution in [1.29, 1.82) is 0 Å². The van der Waals surface area contributed by atoms with Crippen molar-refractivity contribution < 1.29 is 40.6 Å². The van der Waals surface area contributed by atoms with Crippen molar-refractivity contribution >= 4 is 16.8 Å². The molecule has 0 aliphatic carbocycles. The molecule has 0 radical (unpaired) electrons. The van der Waals surface area contributed by atoms with E-state index in [-0.39, 0.29) is 34.6 Å². The summed E-state index contributed by atoms with van der Waals surface area (Å²) in [6.07, 6.45) is -7.23. The highest BCUT2D eigenvalue weighted by molar-refractivity contribution is 5.98. The molecule has 12 heteroatoms. The standard InChI is InChI=1S/C29H33F6N3O3/c1-4-37(26(39)25-15-21-14-23(41-29(33,34)35)10-11-24(21)36-25)17-20-8-6-12-38(18-20)27(2,3)16-19-7-5-9-22(13-19)40-28(30,31)32/h5,7,9-11,13-15,20,36H,4,6,8,12,16-18H2,1-3H3. The number of alkyl halides is 6. The number of hydrogen-bond acceptors (Lipinski definition) is 4. The quantitative estimate of drug-likeness (QED) is 0.271. The molecule has 2 heterocycles. The number of hydrogen-bond donors (Lipinski definition) is 1. The fraction of sp³-hybridized carbons (Fsp3) is 0.483. The van der Waals surface area contributed by atoms with E-state index in [4.69, 9.17) is 0 Å². The van der Waals surface area contributed by atoms with Gasteiger partial charge in [0, 0.05) is 36.1 Å². The summed E-state index contributed by atoms with van der Waals surface area (Å²) in [5.74, 6) is -0.691. The third-order valence-electron chi connectivity index (χ3n) is 7.35. The summed E-state index contributed by atoms with van der Waals surface area (Å²) in [6, 6.07) is 11.4. The third-order valence-corrected chi connectivity index (χ3v) is 7.35. The van der Waals surface area contributed by atoms with Gasteiger partial charge in [0.15, 0.2) is 0 Å². The first-order valence-corrected chi connectivity index (χ1v) is 13.4. The van der Waals surface area contributed by atoms with Crippen LogP contribution in [0, 0.1) is 5.92 Å². The normalized spacial score (nSPS) is 17.0. The number of likely N-dealkylation sites (tertiary alicyclic amines) is 1. The number of nitrogens with one attached hydrogen (secondary N) is 1. The lowest BCUT2D eigenvalue weighted by Crippen LogP contribution is -2.52. The second-order valence-corrected chi connectivity index (χ2v) is 11.0. The Kier molecular flexibility index (Phi) is 8.81. The zero-order chi connectivity index (χ0) is 30.0. The van der Waals surface area contributed by atoms with Gasteiger partial charge in [0.1, 0.15) is 17.2 Å². The first-order valence-electron chi connectivity index (χ1n) is 13.4. The largest absolute Gasteiger partial charge is 0.573 e. The minimum Gasteiger partial charge on any atom is -0.406 e. The van der Waals surface area contributed by atoms with Crippen LogP contribution in [0.3, 0.4) is 0 Å². The number of ether oxygens (including phenoxy) is 2. The molecule has 4 rings (SSSR count). The minimum absolute atomic E-state index is 0.169. The molecule has 3 aromatic rings. The highest BCUT2D eigenvalue weighted by Crippen LogP contribution is 2.31. The van der Waals surface area contributed by atoms with Crippen molar-refractivity contribution in [2.45, 2.75) is 58.3 Å². The second kappa shape index (κ2) is 11.8. The average Bonchev–Trinajstić information content (AvgIpc) is 3.28. The van der Waals surface area contributed by atoms with Crippen molar-refractivity contribution in [2.75, 3.05) is 26.2 Å². The Hall–Kier alpha value is -3.41. The number of aromatic nitrogens is 1. The first-order chi connectivity index (χ1) is 19.1. The van der Waals surface area contributed by atoms with Crippen LogP contribution in [0.1, 0.15) is 49.7 Å². The number of aromatic amines is 1. The molecule has 1 N–H and O–H groups in total. The monoisotopic (exact) mass is 585 g/mol. The lowest BCUT2D eigenvalue weighted by molar-refractivity contribution is -0.275. The maximum Gasteiger partial charge on any atom is 0.573 e. The van der Waals surface area contributed by atoms with E-state index in [1.807, 2.05) is 6.92 Å². The molecule has 2 aromatic carbocycles. The van der Waals surface area contributed by atoms with E-state index in [2.05, 4.69) is 33.2 Å². The second-order valence-electron chi connectivity index (χ2n) is 11.0. The lowest BCUT2D eigenvalue weighted by Gasteiger charge is -2.44. The predicted octanol–water partition coefficient (Wildman–Crippen LogP) is 7.16. The van der Waals surface area contributed by atoms with Crippen molar-refractivity contribution in [3.63, 3.8) is 0 Å². The molecule has 1 unspecified atom stereocenters. The summed E-state index contributed by atoms with van der Waals surface area (Å²) in [7, 11) is 0. The van der Waals surface area contributed by atoms with Crippen LogP contribution in [0.4, 0.5) is 26.3 Å². The number of H-pyrrole nitrogens is 1. The van der Waals surface area contributed by atoms with Crippen LogP contribution in [0.25, 0.3) is 10.9 Å². The van der Waals surface area contributed by atoms with Crippen molar-refractivity contribution in [2.24, 2.45) is 5.92 Å². The number of amides is 1. The number of nitrogens with zero attached hydrogens (tertiary/aromatic N) is 2. The van der Waals surface area contributed by atoms with Gasteiger partial charge in [-0.25, -0.2) is 0 Å². The van der Waals surface area contributed by atoms with Gasteiger partial charge in [0.25, 0.3) is 5.91 Å². The molecule has 1 fully saturated rings. The molecule has 0 bridgehead atoms. The predicted molar refractivity (Wildman–Crippen MR) is 142 cm³/mol. The Balaban J connectivity index is 1.41. The molecule has 1 aliphatic rings. The molecule has 1 saturated heterocycles. The van der Waals surface area contributed by atoms with Crippen LogP contribution in [0.2, 0.25) is 0 Å². The molecule has 1 aliphatic heterocycles. The number of piperidine rings is 1. The maximum absolute atomic E-state index is 13.4. The first kappa shape index (κ1) is 30.5. The summed E-state index contributed by atoms with van der Waals surface area (Å²) in [5.41, 5.74) is 1.17. The molecular formula is C29H33F6N3O3. The minimum atomic E-state index is -4.81. The Morgan fingerprint density at radius 2 is 1.68 bits per heavy atom. The molecule has 1 amide bonds. The van der Waals surface area contributed by atoms with Crippen molar-refractivity contribution in [1.82, 2.24) is 14.8 Å². The SMILES string of the molecule is CCN(CC1CCCN(C(C)(C)Cc2cccc(OC(F)(F)F)c2)C1)C(=O)c1cc2cc(OC(F)(F)F)ccc2[nH]1. The lowest BCUT2D eigenvalue weighted by atomic mass is 9.88. The maximum atomic E-state index is 13.4. The summed E-state index contributed by atoms with van der Waals surface area (Å²) >= 11 is 0. The van der Waals surface area contributed by atoms with Gasteiger partial charge < -0.3 is 19.4 Å². The third kappa shape index (κ3) is 8.31. The topological polar surface area (TPSA) is 57.8 Å². The van der Waals surface area contributed by atoms with E-state index in [1.165, 1.54) is 36.4 Å². The fourth-order valence-electron chi connectivity index (χ4n) is 5.49. The van der Waals surface area contributed by atoms with E-state index >= 15 is 0 Å². The summed E-state index contributed by atoms with van der Waals surface area (Å²) in [4.78, 5) is 20.4. The number of benzene rings is 2. The van der Waals surface area contributed by atoms with E-state index in [0.29, 0.717) is 37.0 Å². The van der Waals surface area contributed by atoms with Crippen LogP contribution in [-0.4, -0.2) is 65.1 Å². The van der Waals surface area contributed by atoms with Gasteiger partial charge in [-0.05, 0) is 94.5 Å². The van der Waals surface area contributed by atoms with Gasteiger partial charge >= 0.3 is 12.7 Å². The van der Waals surface area contributed by atoms with Crippen LogP contribution >= 0.6 is 0 Å². The van der Waals surface area contributed by atoms with Crippen LogP contribution in [0.5, 0.6) is 11.5 Å². The van der Waals surface area contributed by atoms with Gasteiger partial charge in [-0.2, -0.15) is 0 Å². The van der Waals surface area contributed by atoms with Crippen molar-refractivity contribution in [3.8, 4) is 11.5 Å². The zero-order valence-electron chi connectivity index (χ0n) is 23.0. The zero-order valence-corrected chi connectivity index (χ0v) is 23.0. The number of carbonyl (C=O) groups excluding carboxylic acids is 1. The molecule has 0 spiro atoms. The molecule has 6 nitrogen and oxygen atoms in total. The fourth-order valence-corrected chi connectivity index (χ4v) is 5.49. The van der Waals surface area contributed by atoms with Gasteiger partial charge in [-0.15, -0.1) is 26.3 Å². The number of halogens is 6. The Labute approximate surface area is 234 Å². The Bertz CT molecular complexity index is 1350. The summed E-state index contributed by atoms with van der Waals surface area (Å²) in [6.45, 7) is 8.45. The highest BCUT2D eigenvalue weighted by Gasteiger charge is 2.34. The number of fused-ring (bicyclic) bond motifs is 1. The van der Waals surface area contributed by atoms with Crippen molar-refractivity contribution in [3.05, 3.63) is 59.8 Å². The van der Waals surface area contributed by atoms with E-state index in [9.17, 15) is 31.1 Å². The summed E-state index contributed by atoms with van der Waals surface area (Å²) in [5, 5.41) is 0.432. The number of carbonyl (C=O) groups is 1. The van der Waals surface area contributed by atoms with Crippen LogP contribution < -0.4 is 9.47 Å². The van der Waals surface area contributed by atoms with Crippen LogP contribution in [0.15, 0.2) is 48.5 Å². The summed E-state index contributed by atoms with van der Waals surface area (Å²) < 4.78 is 83.8. The van der Waals surface area contributed by atoms with E-state index in [1.54, 1.807) is 17.0 Å². The van der Waals surface area contributed by atoms with E-state index < -0.39 is 12.7 Å². The molecular weight excluding hydrogens is 552 g/mol. The Morgan fingerprint density at radius 1 is 1.00 bits per heavy atom.